The third-order valence-corrected chi connectivity index (χ3v) is 5.79. The Morgan fingerprint density at radius 3 is 2.56 bits per heavy atom. The minimum Gasteiger partial charge on any atom is -0.301 e. The van der Waals surface area contributed by atoms with Crippen LogP contribution in [0.3, 0.4) is 0 Å². The second-order valence-electron chi connectivity index (χ2n) is 6.41. The number of nitrogens with zero attached hydrogens (tertiary/aromatic N) is 2. The highest BCUT2D eigenvalue weighted by molar-refractivity contribution is 7.97. The van der Waals surface area contributed by atoms with E-state index in [4.69, 9.17) is 0 Å². The number of pyridine rings is 2. The Kier molecular flexibility index (Phi) is 3.96. The van der Waals surface area contributed by atoms with Crippen LogP contribution in [0.5, 0.6) is 0 Å². The van der Waals surface area contributed by atoms with E-state index in [1.165, 1.54) is 11.9 Å². The van der Waals surface area contributed by atoms with Crippen LogP contribution in [0.1, 0.15) is 11.6 Å². The van der Waals surface area contributed by atoms with Crippen LogP contribution in [-0.4, -0.2) is 16.3 Å². The average Bonchev–Trinajstić information content (AvgIpc) is 3.16. The first-order valence-electron chi connectivity index (χ1n) is 8.64. The van der Waals surface area contributed by atoms with Gasteiger partial charge in [0.1, 0.15) is 6.29 Å². The van der Waals surface area contributed by atoms with Gasteiger partial charge in [-0.3, -0.25) is 9.97 Å². The Labute approximate surface area is 160 Å². The van der Waals surface area contributed by atoms with Crippen LogP contribution in [0.4, 0.5) is 0 Å². The lowest BCUT2D eigenvalue weighted by Gasteiger charge is -2.10. The molecule has 0 amide bonds. The van der Waals surface area contributed by atoms with Gasteiger partial charge < -0.3 is 4.79 Å². The van der Waals surface area contributed by atoms with Crippen molar-refractivity contribution in [3.63, 3.8) is 0 Å². The van der Waals surface area contributed by atoms with Crippen LogP contribution in [0.2, 0.25) is 0 Å². The number of rotatable bonds is 3. The van der Waals surface area contributed by atoms with E-state index in [1.54, 1.807) is 12.4 Å². The molecule has 0 radical (unpaired) electrons. The Hall–Kier alpha value is -3.02. The third-order valence-electron chi connectivity index (χ3n) is 4.85. The standard InChI is InChI=1S/C22H15N3OS/c26-13-21-18-3-1-16(12-22(18)27-25-21)15-2-4-20-19(11-15)17(7-10-24-20)14-5-8-23-9-6-14/h1-13,21,25H. The summed E-state index contributed by atoms with van der Waals surface area (Å²) in [7, 11) is 0. The number of hydrogen-bond donors (Lipinski definition) is 1. The molecule has 5 heteroatoms. The molecule has 4 aromatic rings. The van der Waals surface area contributed by atoms with E-state index in [0.29, 0.717) is 0 Å². The van der Waals surface area contributed by atoms with Crippen molar-refractivity contribution in [3.05, 3.63) is 78.8 Å². The van der Waals surface area contributed by atoms with E-state index in [-0.39, 0.29) is 6.04 Å². The molecular weight excluding hydrogens is 354 g/mol. The summed E-state index contributed by atoms with van der Waals surface area (Å²) in [5.74, 6) is 0. The molecule has 0 saturated carbocycles. The van der Waals surface area contributed by atoms with Crippen LogP contribution in [0.15, 0.2) is 78.1 Å². The summed E-state index contributed by atoms with van der Waals surface area (Å²) in [5.41, 5.74) is 6.52. The van der Waals surface area contributed by atoms with Crippen molar-refractivity contribution in [1.82, 2.24) is 14.7 Å². The van der Waals surface area contributed by atoms with Gasteiger partial charge in [-0.15, -0.1) is 0 Å². The maximum Gasteiger partial charge on any atom is 0.142 e. The number of fused-ring (bicyclic) bond motifs is 2. The lowest BCUT2D eigenvalue weighted by atomic mass is 9.97. The molecule has 0 saturated heterocycles. The maximum atomic E-state index is 11.2. The molecular formula is C22H15N3OS. The molecule has 1 N–H and O–H groups in total. The summed E-state index contributed by atoms with van der Waals surface area (Å²) in [4.78, 5) is 20.9. The molecule has 0 aliphatic carbocycles. The zero-order valence-corrected chi connectivity index (χ0v) is 15.1. The zero-order valence-electron chi connectivity index (χ0n) is 14.3. The van der Waals surface area contributed by atoms with Crippen molar-refractivity contribution >= 4 is 29.1 Å². The Morgan fingerprint density at radius 1 is 0.889 bits per heavy atom. The highest BCUT2D eigenvalue weighted by atomic mass is 32.2. The summed E-state index contributed by atoms with van der Waals surface area (Å²) in [6.07, 6.45) is 6.40. The fraction of sp³-hybridized carbons (Fsp3) is 0.0455. The lowest BCUT2D eigenvalue weighted by molar-refractivity contribution is -0.109. The van der Waals surface area contributed by atoms with Gasteiger partial charge in [-0.25, -0.2) is 4.72 Å². The molecule has 2 aromatic carbocycles. The van der Waals surface area contributed by atoms with Crippen molar-refractivity contribution in [3.8, 4) is 22.3 Å². The minimum atomic E-state index is -0.224. The monoisotopic (exact) mass is 369 g/mol. The van der Waals surface area contributed by atoms with E-state index < -0.39 is 0 Å². The fourth-order valence-corrected chi connectivity index (χ4v) is 4.39. The van der Waals surface area contributed by atoms with E-state index in [9.17, 15) is 4.79 Å². The van der Waals surface area contributed by atoms with Gasteiger partial charge in [0.05, 0.1) is 11.6 Å². The zero-order chi connectivity index (χ0) is 18.2. The van der Waals surface area contributed by atoms with Crippen LogP contribution >= 0.6 is 11.9 Å². The smallest absolute Gasteiger partial charge is 0.142 e. The second kappa shape index (κ2) is 6.61. The molecule has 4 nitrogen and oxygen atoms in total. The summed E-state index contributed by atoms with van der Waals surface area (Å²) >= 11 is 1.51. The van der Waals surface area contributed by atoms with E-state index in [1.807, 2.05) is 30.5 Å². The first kappa shape index (κ1) is 16.2. The van der Waals surface area contributed by atoms with Gasteiger partial charge in [0.2, 0.25) is 0 Å². The molecule has 2 aromatic heterocycles. The quantitative estimate of drug-likeness (QED) is 0.415. The number of carbonyl (C=O) groups excluding carboxylic acids is 1. The second-order valence-corrected chi connectivity index (χ2v) is 7.29. The molecule has 1 aliphatic heterocycles. The highest BCUT2D eigenvalue weighted by Gasteiger charge is 2.22. The number of benzene rings is 2. The molecule has 130 valence electrons. The molecule has 0 fully saturated rings. The van der Waals surface area contributed by atoms with E-state index >= 15 is 0 Å². The summed E-state index contributed by atoms with van der Waals surface area (Å²) < 4.78 is 3.14. The maximum absolute atomic E-state index is 11.2. The van der Waals surface area contributed by atoms with Crippen molar-refractivity contribution < 1.29 is 4.79 Å². The van der Waals surface area contributed by atoms with Gasteiger partial charge in [-0.05, 0) is 76.2 Å². The minimum absolute atomic E-state index is 0.224. The van der Waals surface area contributed by atoms with Gasteiger partial charge in [0, 0.05) is 28.9 Å². The van der Waals surface area contributed by atoms with Crippen molar-refractivity contribution in [2.75, 3.05) is 0 Å². The van der Waals surface area contributed by atoms with Gasteiger partial charge in [0.15, 0.2) is 0 Å². The number of nitrogens with one attached hydrogen (secondary N) is 1. The summed E-state index contributed by atoms with van der Waals surface area (Å²) in [6.45, 7) is 0. The van der Waals surface area contributed by atoms with Crippen molar-refractivity contribution in [2.24, 2.45) is 0 Å². The molecule has 27 heavy (non-hydrogen) atoms. The first-order chi connectivity index (χ1) is 13.3. The van der Waals surface area contributed by atoms with Gasteiger partial charge in [0.25, 0.3) is 0 Å². The average molecular weight is 369 g/mol. The summed E-state index contributed by atoms with van der Waals surface area (Å²) in [5, 5.41) is 1.11. The molecule has 3 heterocycles. The number of hydrogen-bond acceptors (Lipinski definition) is 5. The van der Waals surface area contributed by atoms with Crippen LogP contribution in [0, 0.1) is 0 Å². The number of aldehydes is 1. The molecule has 0 bridgehead atoms. The van der Waals surface area contributed by atoms with Crippen molar-refractivity contribution in [1.29, 1.82) is 0 Å². The molecule has 5 rings (SSSR count). The normalized spacial score (nSPS) is 15.6. The van der Waals surface area contributed by atoms with Gasteiger partial charge >= 0.3 is 0 Å². The van der Waals surface area contributed by atoms with E-state index in [0.717, 1.165) is 49.9 Å². The van der Waals surface area contributed by atoms with Crippen LogP contribution in [-0.2, 0) is 4.79 Å². The number of aromatic nitrogens is 2. The van der Waals surface area contributed by atoms with Crippen LogP contribution < -0.4 is 4.72 Å². The van der Waals surface area contributed by atoms with Crippen LogP contribution in [0.25, 0.3) is 33.2 Å². The predicted molar refractivity (Wildman–Crippen MR) is 108 cm³/mol. The first-order valence-corrected chi connectivity index (χ1v) is 9.46. The molecule has 0 spiro atoms. The molecule has 1 unspecified atom stereocenters. The fourth-order valence-electron chi connectivity index (χ4n) is 3.46. The Bertz CT molecular complexity index is 1160. The molecule has 1 atom stereocenters. The largest absolute Gasteiger partial charge is 0.301 e. The highest BCUT2D eigenvalue weighted by Crippen LogP contribution is 2.38. The SMILES string of the molecule is O=CC1NSc2cc(-c3ccc4nccc(-c5ccncc5)c4c3)ccc21. The Balaban J connectivity index is 1.64. The van der Waals surface area contributed by atoms with E-state index in [2.05, 4.69) is 45.0 Å². The summed E-state index contributed by atoms with van der Waals surface area (Å²) in [6, 6.07) is 18.4. The Morgan fingerprint density at radius 2 is 1.70 bits per heavy atom. The van der Waals surface area contributed by atoms with Crippen molar-refractivity contribution in [2.45, 2.75) is 10.9 Å². The van der Waals surface area contributed by atoms with Gasteiger partial charge in [-0.2, -0.15) is 0 Å². The lowest BCUT2D eigenvalue weighted by Crippen LogP contribution is -2.08. The third kappa shape index (κ3) is 2.81. The van der Waals surface area contributed by atoms with Gasteiger partial charge in [-0.1, -0.05) is 18.2 Å². The predicted octanol–water partition coefficient (Wildman–Crippen LogP) is 4.81. The number of carbonyl (C=O) groups is 1. The molecule has 1 aliphatic rings. The topological polar surface area (TPSA) is 54.9 Å².